The third kappa shape index (κ3) is 3.76. The summed E-state index contributed by atoms with van der Waals surface area (Å²) in [5.41, 5.74) is 2.10. The molecule has 1 N–H and O–H groups in total. The van der Waals surface area contributed by atoms with Crippen molar-refractivity contribution < 1.29 is 4.79 Å². The number of carbonyl (C=O) groups is 1. The number of fused-ring (bicyclic) bond motifs is 1. The zero-order valence-corrected chi connectivity index (χ0v) is 17.3. The molecule has 1 amide bonds. The molecule has 0 saturated carbocycles. The second-order valence-electron chi connectivity index (χ2n) is 7.48. The predicted molar refractivity (Wildman–Crippen MR) is 117 cm³/mol. The number of rotatable bonds is 4. The first-order valence-corrected chi connectivity index (χ1v) is 10.7. The van der Waals surface area contributed by atoms with Gasteiger partial charge in [-0.2, -0.15) is 0 Å². The Morgan fingerprint density at radius 2 is 2.07 bits per heavy atom. The minimum Gasteiger partial charge on any atom is -0.354 e. The summed E-state index contributed by atoms with van der Waals surface area (Å²) in [6.45, 7) is 3.54. The molecule has 0 aliphatic carbocycles. The molecule has 1 aromatic carbocycles. The zero-order chi connectivity index (χ0) is 20.5. The number of anilines is 2. The van der Waals surface area contributed by atoms with Gasteiger partial charge < -0.3 is 10.2 Å². The van der Waals surface area contributed by atoms with Gasteiger partial charge in [0, 0.05) is 25.5 Å². The first kappa shape index (κ1) is 18.7. The van der Waals surface area contributed by atoms with Crippen molar-refractivity contribution in [1.82, 2.24) is 24.7 Å². The van der Waals surface area contributed by atoms with E-state index in [-0.39, 0.29) is 11.8 Å². The van der Waals surface area contributed by atoms with Crippen molar-refractivity contribution in [2.24, 2.45) is 5.92 Å². The maximum atomic E-state index is 12.9. The fraction of sp³-hybridized carbons (Fsp3) is 0.286. The Labute approximate surface area is 177 Å². The third-order valence-electron chi connectivity index (χ3n) is 5.30. The summed E-state index contributed by atoms with van der Waals surface area (Å²) < 4.78 is 2.90. The van der Waals surface area contributed by atoms with E-state index in [9.17, 15) is 4.79 Å². The lowest BCUT2D eigenvalue weighted by Crippen LogP contribution is -2.41. The molecular weight excluding hydrogens is 398 g/mol. The topological polar surface area (TPSA) is 88.8 Å². The first-order chi connectivity index (χ1) is 14.7. The average Bonchev–Trinajstić information content (AvgIpc) is 3.43. The normalized spacial score (nSPS) is 16.7. The molecule has 4 aromatic rings. The second kappa shape index (κ2) is 7.83. The Hall–Kier alpha value is -3.33. The zero-order valence-electron chi connectivity index (χ0n) is 16.5. The fourth-order valence-electron chi connectivity index (χ4n) is 3.71. The third-order valence-corrected chi connectivity index (χ3v) is 6.23. The van der Waals surface area contributed by atoms with Gasteiger partial charge in [-0.3, -0.25) is 9.36 Å². The molecule has 1 aliphatic rings. The molecule has 1 aliphatic heterocycles. The van der Waals surface area contributed by atoms with Gasteiger partial charge in [0.1, 0.15) is 6.33 Å². The highest BCUT2D eigenvalue weighted by Crippen LogP contribution is 2.28. The number of imidazole rings is 1. The molecule has 1 unspecified atom stereocenters. The van der Waals surface area contributed by atoms with Gasteiger partial charge in [0.15, 0.2) is 16.8 Å². The number of hydrogen-bond acceptors (Lipinski definition) is 7. The summed E-state index contributed by atoms with van der Waals surface area (Å²) in [6, 6.07) is 9.98. The van der Waals surface area contributed by atoms with Crippen molar-refractivity contribution in [2.45, 2.75) is 19.8 Å². The number of aryl methyl sites for hydroxylation is 1. The van der Waals surface area contributed by atoms with Crippen molar-refractivity contribution in [3.8, 4) is 5.82 Å². The van der Waals surface area contributed by atoms with Crippen molar-refractivity contribution in [1.29, 1.82) is 0 Å². The van der Waals surface area contributed by atoms with Gasteiger partial charge in [-0.25, -0.2) is 9.97 Å². The Kier molecular flexibility index (Phi) is 4.88. The average molecular weight is 420 g/mol. The molecule has 30 heavy (non-hydrogen) atoms. The summed E-state index contributed by atoms with van der Waals surface area (Å²) in [5, 5.41) is 12.3. The molecule has 0 spiro atoms. The van der Waals surface area contributed by atoms with Crippen LogP contribution >= 0.6 is 11.3 Å². The quantitative estimate of drug-likeness (QED) is 0.545. The number of nitrogens with zero attached hydrogens (tertiary/aromatic N) is 6. The Morgan fingerprint density at radius 1 is 1.20 bits per heavy atom. The molecule has 5 rings (SSSR count). The lowest BCUT2D eigenvalue weighted by Gasteiger charge is -2.32. The van der Waals surface area contributed by atoms with E-state index in [1.807, 2.05) is 35.0 Å². The number of piperidine rings is 1. The number of benzene rings is 1. The van der Waals surface area contributed by atoms with E-state index in [1.165, 1.54) is 16.9 Å². The van der Waals surface area contributed by atoms with E-state index in [0.717, 1.165) is 35.4 Å². The molecule has 8 nitrogen and oxygen atoms in total. The van der Waals surface area contributed by atoms with E-state index in [4.69, 9.17) is 0 Å². The van der Waals surface area contributed by atoms with Crippen LogP contribution in [0.1, 0.15) is 18.4 Å². The number of hydrogen-bond donors (Lipinski definition) is 1. The molecule has 1 atom stereocenters. The summed E-state index contributed by atoms with van der Waals surface area (Å²) in [6.07, 6.45) is 7.01. The van der Waals surface area contributed by atoms with Crippen molar-refractivity contribution >= 4 is 38.4 Å². The fourth-order valence-corrected chi connectivity index (χ4v) is 4.68. The van der Waals surface area contributed by atoms with Crippen LogP contribution in [0.15, 0.2) is 49.1 Å². The van der Waals surface area contributed by atoms with Crippen molar-refractivity contribution in [3.05, 3.63) is 54.6 Å². The van der Waals surface area contributed by atoms with Gasteiger partial charge in [0.05, 0.1) is 16.1 Å². The monoisotopic (exact) mass is 419 g/mol. The molecular formula is C21H21N7OS. The Balaban J connectivity index is 1.26. The second-order valence-corrected chi connectivity index (χ2v) is 8.51. The van der Waals surface area contributed by atoms with Gasteiger partial charge in [-0.15, -0.1) is 10.2 Å². The predicted octanol–water partition coefficient (Wildman–Crippen LogP) is 3.44. The lowest BCUT2D eigenvalue weighted by atomic mass is 9.97. The largest absolute Gasteiger partial charge is 0.354 e. The molecule has 0 radical (unpaired) electrons. The Morgan fingerprint density at radius 3 is 2.87 bits per heavy atom. The Bertz CT molecular complexity index is 1170. The van der Waals surface area contributed by atoms with Crippen LogP contribution in [-0.4, -0.2) is 43.7 Å². The number of thiazole rings is 1. The van der Waals surface area contributed by atoms with Crippen LogP contribution in [0, 0.1) is 12.8 Å². The van der Waals surface area contributed by atoms with Crippen LogP contribution < -0.4 is 10.2 Å². The highest BCUT2D eigenvalue weighted by atomic mass is 32.1. The molecule has 1 fully saturated rings. The number of carbonyl (C=O) groups excluding carboxylic acids is 1. The maximum Gasteiger partial charge on any atom is 0.231 e. The number of amides is 1. The minimum atomic E-state index is -0.109. The van der Waals surface area contributed by atoms with Gasteiger partial charge in [0.25, 0.3) is 0 Å². The van der Waals surface area contributed by atoms with Gasteiger partial charge in [0.2, 0.25) is 5.91 Å². The maximum absolute atomic E-state index is 12.9. The molecule has 1 saturated heterocycles. The highest BCUT2D eigenvalue weighted by Gasteiger charge is 2.27. The van der Waals surface area contributed by atoms with Gasteiger partial charge >= 0.3 is 0 Å². The number of nitrogens with one attached hydrogen (secondary N) is 1. The minimum absolute atomic E-state index is 0.0125. The lowest BCUT2D eigenvalue weighted by molar-refractivity contribution is -0.120. The van der Waals surface area contributed by atoms with E-state index >= 15 is 0 Å². The van der Waals surface area contributed by atoms with E-state index < -0.39 is 0 Å². The highest BCUT2D eigenvalue weighted by molar-refractivity contribution is 7.22. The standard InChI is InChI=1S/C21H21N7OS/c1-14-4-5-16-17(11-14)30-21(23-16)24-20(29)15-3-2-9-27(12-15)18-6-7-19(26-25-18)28-10-8-22-13-28/h4-8,10-11,13,15H,2-3,9,12H2,1H3,(H,23,24,29). The van der Waals surface area contributed by atoms with Crippen LogP contribution in [0.25, 0.3) is 16.0 Å². The summed E-state index contributed by atoms with van der Waals surface area (Å²) >= 11 is 1.51. The smallest absolute Gasteiger partial charge is 0.231 e. The van der Waals surface area contributed by atoms with Crippen molar-refractivity contribution in [2.75, 3.05) is 23.3 Å². The molecule has 152 valence electrons. The SMILES string of the molecule is Cc1ccc2nc(NC(=O)C3CCCN(c4ccc(-n5ccnc5)nn4)C3)sc2c1. The van der Waals surface area contributed by atoms with Crippen LogP contribution in [0.5, 0.6) is 0 Å². The van der Waals surface area contributed by atoms with Crippen LogP contribution in [-0.2, 0) is 4.79 Å². The van der Waals surface area contributed by atoms with Crippen molar-refractivity contribution in [3.63, 3.8) is 0 Å². The summed E-state index contributed by atoms with van der Waals surface area (Å²) in [5.74, 6) is 1.40. The number of aromatic nitrogens is 5. The van der Waals surface area contributed by atoms with Crippen LogP contribution in [0.3, 0.4) is 0 Å². The summed E-state index contributed by atoms with van der Waals surface area (Å²) in [4.78, 5) is 23.6. The van der Waals surface area contributed by atoms with E-state index in [2.05, 4.69) is 43.4 Å². The van der Waals surface area contributed by atoms with E-state index in [0.29, 0.717) is 17.5 Å². The van der Waals surface area contributed by atoms with Crippen LogP contribution in [0.2, 0.25) is 0 Å². The molecule has 4 heterocycles. The molecule has 3 aromatic heterocycles. The molecule has 9 heteroatoms. The van der Waals surface area contributed by atoms with Gasteiger partial charge in [-0.05, 0) is 49.6 Å². The van der Waals surface area contributed by atoms with E-state index in [1.54, 1.807) is 12.5 Å². The molecule has 0 bridgehead atoms. The van der Waals surface area contributed by atoms with Crippen LogP contribution in [0.4, 0.5) is 10.9 Å². The summed E-state index contributed by atoms with van der Waals surface area (Å²) in [7, 11) is 0. The van der Waals surface area contributed by atoms with Gasteiger partial charge in [-0.1, -0.05) is 17.4 Å². The first-order valence-electron chi connectivity index (χ1n) is 9.91.